The van der Waals surface area contributed by atoms with Gasteiger partial charge in [0.2, 0.25) is 0 Å². The lowest BCUT2D eigenvalue weighted by Crippen LogP contribution is -2.63. The Balaban J connectivity index is 2.04. The van der Waals surface area contributed by atoms with E-state index in [0.29, 0.717) is 52.5 Å². The van der Waals surface area contributed by atoms with Crippen molar-refractivity contribution < 1.29 is 43.1 Å². The zero-order valence-electron chi connectivity index (χ0n) is 20.9. The van der Waals surface area contributed by atoms with Crippen molar-refractivity contribution in [1.29, 1.82) is 0 Å². The number of carboxylic acid groups (broad SMARTS) is 1. The molecular weight excluding hydrogens is 448 g/mol. The number of hydrogen-bond acceptors (Lipinski definition) is 9. The molecule has 2 rings (SSSR count). The second kappa shape index (κ2) is 14.3. The Labute approximate surface area is 202 Å². The van der Waals surface area contributed by atoms with Gasteiger partial charge in [-0.1, -0.05) is 0 Å². The second-order valence-corrected chi connectivity index (χ2v) is 9.88. The van der Waals surface area contributed by atoms with Gasteiger partial charge in [0.05, 0.1) is 66.1 Å². The van der Waals surface area contributed by atoms with Crippen LogP contribution >= 0.6 is 0 Å². The van der Waals surface area contributed by atoms with Gasteiger partial charge in [0.1, 0.15) is 0 Å². The van der Waals surface area contributed by atoms with E-state index in [9.17, 15) is 14.7 Å². The summed E-state index contributed by atoms with van der Waals surface area (Å²) >= 11 is 0. The number of hydrogen-bond donors (Lipinski definition) is 3. The number of rotatable bonds is 3. The molecule has 2 atom stereocenters. The Hall–Kier alpha value is -1.34. The van der Waals surface area contributed by atoms with E-state index < -0.39 is 24.1 Å². The van der Waals surface area contributed by atoms with E-state index in [2.05, 4.69) is 38.3 Å². The minimum absolute atomic E-state index is 0.00285. The van der Waals surface area contributed by atoms with Crippen molar-refractivity contribution in [3.05, 3.63) is 0 Å². The molecule has 0 aromatic carbocycles. The highest BCUT2D eigenvalue weighted by atomic mass is 16.6. The van der Waals surface area contributed by atoms with Crippen molar-refractivity contribution in [2.24, 2.45) is 0 Å². The van der Waals surface area contributed by atoms with Crippen molar-refractivity contribution in [2.45, 2.75) is 69.9 Å². The van der Waals surface area contributed by atoms with Crippen LogP contribution in [0.25, 0.3) is 0 Å². The van der Waals surface area contributed by atoms with E-state index in [1.54, 1.807) is 0 Å². The van der Waals surface area contributed by atoms with Crippen LogP contribution in [0.1, 0.15) is 40.5 Å². The molecule has 2 heterocycles. The standard InChI is InChI=1S/C23H42N2O9/c1-22(2)15-17(16-23(3,4)25-22)24-20(26)18-19(21(27)28)34-14-12-32-10-8-30-6-5-29-7-9-31-11-13-33-18/h17-19,25H,5-16H2,1-4H3,(H,24,26)(H,27,28). The fourth-order valence-corrected chi connectivity index (χ4v) is 4.53. The monoisotopic (exact) mass is 490 g/mol. The largest absolute Gasteiger partial charge is 0.479 e. The van der Waals surface area contributed by atoms with E-state index in [1.807, 2.05) is 0 Å². The molecule has 0 radical (unpaired) electrons. The highest BCUT2D eigenvalue weighted by Crippen LogP contribution is 2.28. The predicted octanol–water partition coefficient (Wildman–Crippen LogP) is 0.347. The maximum absolute atomic E-state index is 13.2. The third-order valence-electron chi connectivity index (χ3n) is 5.48. The summed E-state index contributed by atoms with van der Waals surface area (Å²) in [6, 6.07) is -0.137. The van der Waals surface area contributed by atoms with Gasteiger partial charge < -0.3 is 44.2 Å². The second-order valence-electron chi connectivity index (χ2n) is 9.88. The quantitative estimate of drug-likeness (QED) is 0.509. The molecule has 34 heavy (non-hydrogen) atoms. The van der Waals surface area contributed by atoms with Gasteiger partial charge in [-0.15, -0.1) is 0 Å². The summed E-state index contributed by atoms with van der Waals surface area (Å²) in [5, 5.41) is 16.3. The van der Waals surface area contributed by atoms with Crippen molar-refractivity contribution >= 4 is 11.9 Å². The summed E-state index contributed by atoms with van der Waals surface area (Å²) in [7, 11) is 0. The Morgan fingerprint density at radius 2 is 1.09 bits per heavy atom. The smallest absolute Gasteiger partial charge is 0.336 e. The molecule has 2 saturated heterocycles. The Morgan fingerprint density at radius 1 is 0.706 bits per heavy atom. The van der Waals surface area contributed by atoms with Gasteiger partial charge >= 0.3 is 5.97 Å². The lowest BCUT2D eigenvalue weighted by atomic mass is 9.79. The molecule has 3 N–H and O–H groups in total. The fourth-order valence-electron chi connectivity index (χ4n) is 4.53. The third-order valence-corrected chi connectivity index (χ3v) is 5.48. The van der Waals surface area contributed by atoms with E-state index in [-0.39, 0.29) is 43.5 Å². The van der Waals surface area contributed by atoms with Gasteiger partial charge in [-0.3, -0.25) is 4.79 Å². The van der Waals surface area contributed by atoms with Crippen molar-refractivity contribution in [2.75, 3.05) is 66.1 Å². The first-order chi connectivity index (χ1) is 16.1. The summed E-state index contributed by atoms with van der Waals surface area (Å²) in [4.78, 5) is 25.2. The molecule has 2 aliphatic heterocycles. The van der Waals surface area contributed by atoms with Crippen LogP contribution in [0.15, 0.2) is 0 Å². The van der Waals surface area contributed by atoms with Crippen LogP contribution in [0, 0.1) is 0 Å². The lowest BCUT2D eigenvalue weighted by Gasteiger charge is -2.46. The predicted molar refractivity (Wildman–Crippen MR) is 123 cm³/mol. The minimum atomic E-state index is -1.48. The van der Waals surface area contributed by atoms with Crippen LogP contribution in [0.4, 0.5) is 0 Å². The molecule has 2 fully saturated rings. The molecule has 11 nitrogen and oxygen atoms in total. The van der Waals surface area contributed by atoms with E-state index in [4.69, 9.17) is 28.4 Å². The van der Waals surface area contributed by atoms with Crippen LogP contribution in [-0.2, 0) is 38.0 Å². The zero-order valence-corrected chi connectivity index (χ0v) is 20.9. The van der Waals surface area contributed by atoms with Gasteiger partial charge in [0.25, 0.3) is 5.91 Å². The molecule has 1 amide bonds. The summed E-state index contributed by atoms with van der Waals surface area (Å²) in [5.74, 6) is -1.80. The molecule has 11 heteroatoms. The number of carbonyl (C=O) groups excluding carboxylic acids is 1. The zero-order chi connectivity index (χ0) is 25.0. The summed E-state index contributed by atoms with van der Waals surface area (Å²) < 4.78 is 32.9. The van der Waals surface area contributed by atoms with E-state index >= 15 is 0 Å². The first-order valence-electron chi connectivity index (χ1n) is 12.0. The Kier molecular flexibility index (Phi) is 12.1. The normalized spacial score (nSPS) is 28.8. The molecular formula is C23H42N2O9. The first kappa shape index (κ1) is 28.9. The number of carboxylic acids is 1. The maximum atomic E-state index is 13.2. The van der Waals surface area contributed by atoms with Crippen LogP contribution < -0.4 is 10.6 Å². The fraction of sp³-hybridized carbons (Fsp3) is 0.913. The molecule has 2 unspecified atom stereocenters. The summed E-state index contributed by atoms with van der Waals surface area (Å²) in [6.07, 6.45) is -1.41. The summed E-state index contributed by atoms with van der Waals surface area (Å²) in [5.41, 5.74) is -0.364. The number of ether oxygens (including phenoxy) is 6. The average molecular weight is 491 g/mol. The average Bonchev–Trinajstić information content (AvgIpc) is 2.70. The SMILES string of the molecule is CC1(C)CC(NC(=O)C2OCCOCCOCCOCCOCCOC2C(=O)O)CC(C)(C)N1. The molecule has 198 valence electrons. The summed E-state index contributed by atoms with van der Waals surface area (Å²) in [6.45, 7) is 11.1. The minimum Gasteiger partial charge on any atom is -0.479 e. The van der Waals surface area contributed by atoms with Crippen LogP contribution in [0.5, 0.6) is 0 Å². The molecule has 2 aliphatic rings. The maximum Gasteiger partial charge on any atom is 0.336 e. The molecule has 0 bridgehead atoms. The number of aliphatic carboxylic acids is 1. The number of amides is 1. The van der Waals surface area contributed by atoms with Crippen LogP contribution in [0.2, 0.25) is 0 Å². The van der Waals surface area contributed by atoms with Gasteiger partial charge in [0, 0.05) is 17.1 Å². The third kappa shape index (κ3) is 10.9. The molecule has 0 aliphatic carbocycles. The molecule has 0 aromatic rings. The Morgan fingerprint density at radius 3 is 1.50 bits per heavy atom. The Bertz CT molecular complexity index is 614. The number of carbonyl (C=O) groups is 2. The molecule has 0 spiro atoms. The van der Waals surface area contributed by atoms with Crippen molar-refractivity contribution in [3.63, 3.8) is 0 Å². The van der Waals surface area contributed by atoms with Crippen molar-refractivity contribution in [1.82, 2.24) is 10.6 Å². The van der Waals surface area contributed by atoms with Gasteiger partial charge in [-0.25, -0.2) is 4.79 Å². The highest BCUT2D eigenvalue weighted by Gasteiger charge is 2.41. The lowest BCUT2D eigenvalue weighted by molar-refractivity contribution is -0.171. The van der Waals surface area contributed by atoms with Crippen LogP contribution in [-0.4, -0.2) is 112 Å². The van der Waals surface area contributed by atoms with Gasteiger partial charge in [0.15, 0.2) is 12.2 Å². The van der Waals surface area contributed by atoms with E-state index in [1.165, 1.54) is 0 Å². The topological polar surface area (TPSA) is 134 Å². The number of piperidine rings is 1. The first-order valence-corrected chi connectivity index (χ1v) is 12.0. The molecule has 0 aromatic heterocycles. The molecule has 0 saturated carbocycles. The van der Waals surface area contributed by atoms with Crippen LogP contribution in [0.3, 0.4) is 0 Å². The van der Waals surface area contributed by atoms with Crippen molar-refractivity contribution in [3.8, 4) is 0 Å². The van der Waals surface area contributed by atoms with Gasteiger partial charge in [-0.2, -0.15) is 0 Å². The number of nitrogens with one attached hydrogen (secondary N) is 2. The van der Waals surface area contributed by atoms with E-state index in [0.717, 1.165) is 0 Å². The highest BCUT2D eigenvalue weighted by molar-refractivity contribution is 5.88. The van der Waals surface area contributed by atoms with Gasteiger partial charge in [-0.05, 0) is 40.5 Å².